The van der Waals surface area contributed by atoms with Gasteiger partial charge in [-0.2, -0.15) is 0 Å². The average Bonchev–Trinajstić information content (AvgIpc) is 2.91. The highest BCUT2D eigenvalue weighted by molar-refractivity contribution is 4.94. The standard InChI is InChI=1S/C17H30N4O/c1-13-8-14(2)10-15(9-13)4-5-21-6-7-22-16(11-21)17-19-18-12-20(17)3/h12-16H,4-11H2,1-3H3. The van der Waals surface area contributed by atoms with E-state index in [2.05, 4.69) is 28.9 Å². The summed E-state index contributed by atoms with van der Waals surface area (Å²) in [6.45, 7) is 8.83. The van der Waals surface area contributed by atoms with Crippen LogP contribution in [0.3, 0.4) is 0 Å². The molecule has 5 heteroatoms. The van der Waals surface area contributed by atoms with Crippen molar-refractivity contribution in [1.29, 1.82) is 0 Å². The number of rotatable bonds is 4. The Kier molecular flexibility index (Phi) is 5.14. The minimum absolute atomic E-state index is 0.0745. The molecule has 0 spiro atoms. The van der Waals surface area contributed by atoms with Crippen molar-refractivity contribution in [2.75, 3.05) is 26.2 Å². The molecule has 1 saturated carbocycles. The van der Waals surface area contributed by atoms with E-state index in [4.69, 9.17) is 4.74 Å². The lowest BCUT2D eigenvalue weighted by molar-refractivity contribution is -0.0378. The minimum atomic E-state index is 0.0745. The molecule has 0 bridgehead atoms. The van der Waals surface area contributed by atoms with Gasteiger partial charge in [-0.25, -0.2) is 0 Å². The molecular weight excluding hydrogens is 276 g/mol. The van der Waals surface area contributed by atoms with Crippen LogP contribution in [0.25, 0.3) is 0 Å². The number of aryl methyl sites for hydroxylation is 1. The van der Waals surface area contributed by atoms with E-state index < -0.39 is 0 Å². The zero-order chi connectivity index (χ0) is 15.5. The molecule has 1 aliphatic carbocycles. The summed E-state index contributed by atoms with van der Waals surface area (Å²) in [5, 5.41) is 8.18. The molecule has 1 saturated heterocycles. The maximum Gasteiger partial charge on any atom is 0.163 e. The third-order valence-electron chi connectivity index (χ3n) is 5.31. The van der Waals surface area contributed by atoms with Crippen LogP contribution in [0.4, 0.5) is 0 Å². The van der Waals surface area contributed by atoms with Crippen molar-refractivity contribution in [2.24, 2.45) is 24.8 Å². The first kappa shape index (κ1) is 15.9. The summed E-state index contributed by atoms with van der Waals surface area (Å²) >= 11 is 0. The third kappa shape index (κ3) is 3.87. The number of hydrogen-bond acceptors (Lipinski definition) is 4. The van der Waals surface area contributed by atoms with E-state index in [0.717, 1.165) is 43.3 Å². The maximum atomic E-state index is 5.89. The van der Waals surface area contributed by atoms with Crippen molar-refractivity contribution in [3.8, 4) is 0 Å². The number of ether oxygens (including phenoxy) is 1. The van der Waals surface area contributed by atoms with Crippen LogP contribution in [-0.2, 0) is 11.8 Å². The molecule has 0 radical (unpaired) electrons. The van der Waals surface area contributed by atoms with Crippen LogP contribution in [0.5, 0.6) is 0 Å². The molecule has 2 fully saturated rings. The van der Waals surface area contributed by atoms with Gasteiger partial charge in [-0.1, -0.05) is 13.8 Å². The van der Waals surface area contributed by atoms with E-state index in [1.165, 1.54) is 32.2 Å². The smallest absolute Gasteiger partial charge is 0.163 e. The van der Waals surface area contributed by atoms with Gasteiger partial charge in [0, 0.05) is 20.1 Å². The fraction of sp³-hybridized carbons (Fsp3) is 0.882. The molecule has 2 heterocycles. The first-order valence-electron chi connectivity index (χ1n) is 8.79. The Bertz CT molecular complexity index is 465. The van der Waals surface area contributed by atoms with E-state index in [1.54, 1.807) is 6.33 Å². The molecule has 5 nitrogen and oxygen atoms in total. The summed E-state index contributed by atoms with van der Waals surface area (Å²) in [4.78, 5) is 2.55. The van der Waals surface area contributed by atoms with Gasteiger partial charge in [0.2, 0.25) is 0 Å². The van der Waals surface area contributed by atoms with Crippen molar-refractivity contribution in [1.82, 2.24) is 19.7 Å². The highest BCUT2D eigenvalue weighted by Crippen LogP contribution is 2.34. The minimum Gasteiger partial charge on any atom is -0.368 e. The summed E-state index contributed by atoms with van der Waals surface area (Å²) in [5.41, 5.74) is 0. The first-order chi connectivity index (χ1) is 10.6. The van der Waals surface area contributed by atoms with E-state index in [0.29, 0.717) is 0 Å². The lowest BCUT2D eigenvalue weighted by atomic mass is 9.75. The molecule has 22 heavy (non-hydrogen) atoms. The highest BCUT2D eigenvalue weighted by atomic mass is 16.5. The Morgan fingerprint density at radius 3 is 2.68 bits per heavy atom. The van der Waals surface area contributed by atoms with Crippen LogP contribution in [0, 0.1) is 17.8 Å². The summed E-state index contributed by atoms with van der Waals surface area (Å²) in [6, 6.07) is 0. The van der Waals surface area contributed by atoms with Crippen LogP contribution in [-0.4, -0.2) is 45.9 Å². The zero-order valence-corrected chi connectivity index (χ0v) is 14.2. The summed E-state index contributed by atoms with van der Waals surface area (Å²) in [5.74, 6) is 3.68. The van der Waals surface area contributed by atoms with Crippen molar-refractivity contribution in [3.63, 3.8) is 0 Å². The van der Waals surface area contributed by atoms with E-state index in [9.17, 15) is 0 Å². The molecule has 0 amide bonds. The molecule has 3 rings (SSSR count). The monoisotopic (exact) mass is 306 g/mol. The Labute approximate surface area is 134 Å². The number of hydrogen-bond donors (Lipinski definition) is 0. The summed E-state index contributed by atoms with van der Waals surface area (Å²) < 4.78 is 7.87. The van der Waals surface area contributed by atoms with Crippen LogP contribution < -0.4 is 0 Å². The fourth-order valence-corrected chi connectivity index (χ4v) is 4.36. The van der Waals surface area contributed by atoms with Crippen molar-refractivity contribution in [3.05, 3.63) is 12.2 Å². The number of aromatic nitrogens is 3. The molecule has 0 aromatic carbocycles. The highest BCUT2D eigenvalue weighted by Gasteiger charge is 2.27. The fourth-order valence-electron chi connectivity index (χ4n) is 4.36. The van der Waals surface area contributed by atoms with Gasteiger partial charge in [-0.15, -0.1) is 10.2 Å². The lowest BCUT2D eigenvalue weighted by Gasteiger charge is -2.35. The topological polar surface area (TPSA) is 43.2 Å². The molecule has 1 aliphatic heterocycles. The normalized spacial score (nSPS) is 34.0. The van der Waals surface area contributed by atoms with Crippen LogP contribution in [0.1, 0.15) is 51.5 Å². The summed E-state index contributed by atoms with van der Waals surface area (Å²) in [6.07, 6.45) is 7.42. The molecule has 1 aromatic rings. The zero-order valence-electron chi connectivity index (χ0n) is 14.2. The average molecular weight is 306 g/mol. The van der Waals surface area contributed by atoms with Gasteiger partial charge >= 0.3 is 0 Å². The lowest BCUT2D eigenvalue weighted by Crippen LogP contribution is -2.40. The van der Waals surface area contributed by atoms with Crippen LogP contribution in [0.15, 0.2) is 6.33 Å². The first-order valence-corrected chi connectivity index (χ1v) is 8.79. The quantitative estimate of drug-likeness (QED) is 0.858. The Morgan fingerprint density at radius 1 is 1.23 bits per heavy atom. The van der Waals surface area contributed by atoms with Crippen LogP contribution in [0.2, 0.25) is 0 Å². The summed E-state index contributed by atoms with van der Waals surface area (Å²) in [7, 11) is 1.99. The Hall–Kier alpha value is -0.940. The molecule has 1 aromatic heterocycles. The molecule has 3 unspecified atom stereocenters. The van der Waals surface area contributed by atoms with E-state index in [1.807, 2.05) is 11.6 Å². The van der Waals surface area contributed by atoms with Crippen molar-refractivity contribution >= 4 is 0 Å². The second-order valence-electron chi connectivity index (χ2n) is 7.53. The maximum absolute atomic E-state index is 5.89. The predicted molar refractivity (Wildman–Crippen MR) is 86.4 cm³/mol. The van der Waals surface area contributed by atoms with Gasteiger partial charge in [0.05, 0.1) is 6.61 Å². The van der Waals surface area contributed by atoms with Gasteiger partial charge < -0.3 is 9.30 Å². The number of nitrogens with zero attached hydrogens (tertiary/aromatic N) is 4. The van der Waals surface area contributed by atoms with E-state index in [-0.39, 0.29) is 6.10 Å². The van der Waals surface area contributed by atoms with Crippen molar-refractivity contribution < 1.29 is 4.74 Å². The molecule has 2 aliphatic rings. The number of morpholine rings is 1. The third-order valence-corrected chi connectivity index (χ3v) is 5.31. The largest absolute Gasteiger partial charge is 0.368 e. The molecule has 0 N–H and O–H groups in total. The molecular formula is C17H30N4O. The van der Waals surface area contributed by atoms with Gasteiger partial charge in [-0.05, 0) is 50.0 Å². The molecule has 3 atom stereocenters. The van der Waals surface area contributed by atoms with Gasteiger partial charge in [0.15, 0.2) is 5.82 Å². The van der Waals surface area contributed by atoms with Gasteiger partial charge in [-0.3, -0.25) is 4.90 Å². The van der Waals surface area contributed by atoms with Gasteiger partial charge in [0.25, 0.3) is 0 Å². The second kappa shape index (κ2) is 7.09. The predicted octanol–water partition coefficient (Wildman–Crippen LogP) is 2.65. The van der Waals surface area contributed by atoms with Crippen LogP contribution >= 0.6 is 0 Å². The SMILES string of the molecule is CC1CC(C)CC(CCN2CCOC(c3nncn3C)C2)C1. The Morgan fingerprint density at radius 2 is 2.00 bits per heavy atom. The van der Waals surface area contributed by atoms with E-state index >= 15 is 0 Å². The van der Waals surface area contributed by atoms with Crippen molar-refractivity contribution in [2.45, 2.75) is 45.6 Å². The van der Waals surface area contributed by atoms with Gasteiger partial charge in [0.1, 0.15) is 12.4 Å². The Balaban J connectivity index is 1.49. The molecule has 124 valence electrons. The second-order valence-corrected chi connectivity index (χ2v) is 7.53.